The quantitative estimate of drug-likeness (QED) is 0.847. The standard InChI is InChI=1S/C13H13ClF2N2OS/c1-2-12-18-7-9(20-12)6-17-8-3-4-11(10(14)5-8)19-13(15)16/h3-5,7,13,17H,2,6H2,1H3. The molecule has 20 heavy (non-hydrogen) atoms. The van der Waals surface area contributed by atoms with Crippen LogP contribution in [0.4, 0.5) is 14.5 Å². The van der Waals surface area contributed by atoms with E-state index >= 15 is 0 Å². The highest BCUT2D eigenvalue weighted by Gasteiger charge is 2.09. The van der Waals surface area contributed by atoms with Crippen LogP contribution in [0.1, 0.15) is 16.8 Å². The first kappa shape index (κ1) is 15.0. The van der Waals surface area contributed by atoms with Crippen molar-refractivity contribution in [2.45, 2.75) is 26.5 Å². The molecule has 0 aliphatic carbocycles. The highest BCUT2D eigenvalue weighted by molar-refractivity contribution is 7.11. The molecule has 0 fully saturated rings. The van der Waals surface area contributed by atoms with Gasteiger partial charge in [-0.15, -0.1) is 11.3 Å². The predicted molar refractivity (Wildman–Crippen MR) is 76.9 cm³/mol. The number of alkyl halides is 2. The Hall–Kier alpha value is -1.40. The van der Waals surface area contributed by atoms with Gasteiger partial charge in [-0.25, -0.2) is 4.98 Å². The van der Waals surface area contributed by atoms with Crippen molar-refractivity contribution in [3.05, 3.63) is 39.3 Å². The Labute approximate surface area is 124 Å². The first-order valence-corrected chi connectivity index (χ1v) is 7.19. The summed E-state index contributed by atoms with van der Waals surface area (Å²) in [5.74, 6) is -0.0294. The number of hydrogen-bond donors (Lipinski definition) is 1. The molecule has 0 aliphatic heterocycles. The average molecular weight is 319 g/mol. The summed E-state index contributed by atoms with van der Waals surface area (Å²) in [7, 11) is 0. The van der Waals surface area contributed by atoms with Gasteiger partial charge in [-0.3, -0.25) is 0 Å². The van der Waals surface area contributed by atoms with E-state index < -0.39 is 6.61 Å². The number of anilines is 1. The molecule has 0 saturated carbocycles. The van der Waals surface area contributed by atoms with Crippen LogP contribution in [-0.2, 0) is 13.0 Å². The first-order valence-electron chi connectivity index (χ1n) is 6.00. The highest BCUT2D eigenvalue weighted by Crippen LogP contribution is 2.29. The van der Waals surface area contributed by atoms with Crippen molar-refractivity contribution in [1.29, 1.82) is 0 Å². The number of nitrogens with one attached hydrogen (secondary N) is 1. The Morgan fingerprint density at radius 2 is 2.25 bits per heavy atom. The molecule has 1 aromatic carbocycles. The second-order valence-electron chi connectivity index (χ2n) is 3.95. The van der Waals surface area contributed by atoms with Crippen LogP contribution in [0, 0.1) is 0 Å². The van der Waals surface area contributed by atoms with Crippen LogP contribution in [0.15, 0.2) is 24.4 Å². The van der Waals surface area contributed by atoms with E-state index in [2.05, 4.69) is 22.0 Å². The number of hydrogen-bond acceptors (Lipinski definition) is 4. The molecule has 0 amide bonds. The second kappa shape index (κ2) is 6.85. The molecular formula is C13H13ClF2N2OS. The van der Waals surface area contributed by atoms with Crippen molar-refractivity contribution in [3.8, 4) is 5.75 Å². The van der Waals surface area contributed by atoms with E-state index in [0.29, 0.717) is 6.54 Å². The third-order valence-electron chi connectivity index (χ3n) is 2.52. The molecule has 2 aromatic rings. The van der Waals surface area contributed by atoms with Crippen LogP contribution >= 0.6 is 22.9 Å². The Bertz CT molecular complexity index is 577. The lowest BCUT2D eigenvalue weighted by Gasteiger charge is -2.09. The third kappa shape index (κ3) is 4.05. The van der Waals surface area contributed by atoms with Crippen LogP contribution in [0.5, 0.6) is 5.75 Å². The van der Waals surface area contributed by atoms with Gasteiger partial charge in [-0.05, 0) is 24.6 Å². The topological polar surface area (TPSA) is 34.2 Å². The van der Waals surface area contributed by atoms with Gasteiger partial charge in [0.25, 0.3) is 0 Å². The third-order valence-corrected chi connectivity index (χ3v) is 3.96. The maximum atomic E-state index is 12.1. The van der Waals surface area contributed by atoms with Gasteiger partial charge < -0.3 is 10.1 Å². The fourth-order valence-corrected chi connectivity index (χ4v) is 2.61. The number of ether oxygens (including phenoxy) is 1. The van der Waals surface area contributed by atoms with Crippen molar-refractivity contribution < 1.29 is 13.5 Å². The summed E-state index contributed by atoms with van der Waals surface area (Å²) in [5, 5.41) is 4.39. The lowest BCUT2D eigenvalue weighted by molar-refractivity contribution is -0.0497. The van der Waals surface area contributed by atoms with E-state index in [1.165, 1.54) is 6.07 Å². The molecule has 0 atom stereocenters. The Morgan fingerprint density at radius 3 is 2.85 bits per heavy atom. The number of nitrogens with zero attached hydrogens (tertiary/aromatic N) is 1. The first-order chi connectivity index (χ1) is 9.58. The maximum Gasteiger partial charge on any atom is 0.387 e. The van der Waals surface area contributed by atoms with Crippen molar-refractivity contribution in [2.75, 3.05) is 5.32 Å². The zero-order valence-corrected chi connectivity index (χ0v) is 12.3. The summed E-state index contributed by atoms with van der Waals surface area (Å²) in [4.78, 5) is 5.36. The fourth-order valence-electron chi connectivity index (χ4n) is 1.58. The van der Waals surface area contributed by atoms with Gasteiger partial charge in [-0.1, -0.05) is 18.5 Å². The molecule has 0 bridgehead atoms. The molecule has 1 N–H and O–H groups in total. The van der Waals surface area contributed by atoms with Gasteiger partial charge in [0, 0.05) is 16.8 Å². The number of benzene rings is 1. The second-order valence-corrected chi connectivity index (χ2v) is 5.56. The van der Waals surface area contributed by atoms with Crippen molar-refractivity contribution in [3.63, 3.8) is 0 Å². The van der Waals surface area contributed by atoms with Gasteiger partial charge in [0.15, 0.2) is 0 Å². The van der Waals surface area contributed by atoms with E-state index in [1.54, 1.807) is 23.5 Å². The monoisotopic (exact) mass is 318 g/mol. The summed E-state index contributed by atoms with van der Waals surface area (Å²) in [6.45, 7) is -0.211. The predicted octanol–water partition coefficient (Wildman–Crippen LogP) is 4.57. The smallest absolute Gasteiger partial charge is 0.387 e. The van der Waals surface area contributed by atoms with Crippen molar-refractivity contribution in [2.24, 2.45) is 0 Å². The van der Waals surface area contributed by atoms with Gasteiger partial charge in [0.05, 0.1) is 16.6 Å². The minimum Gasteiger partial charge on any atom is -0.433 e. The Balaban J connectivity index is 1.97. The average Bonchev–Trinajstić information content (AvgIpc) is 2.87. The van der Waals surface area contributed by atoms with Crippen molar-refractivity contribution >= 4 is 28.6 Å². The molecule has 3 nitrogen and oxygen atoms in total. The van der Waals surface area contributed by atoms with Gasteiger partial charge in [0.1, 0.15) is 5.75 Å². The summed E-state index contributed by atoms with van der Waals surface area (Å²) >= 11 is 7.51. The molecule has 0 aliphatic rings. The minimum atomic E-state index is -2.88. The van der Waals surface area contributed by atoms with E-state index in [1.807, 2.05) is 6.20 Å². The van der Waals surface area contributed by atoms with E-state index in [0.717, 1.165) is 22.0 Å². The fraction of sp³-hybridized carbons (Fsp3) is 0.308. The van der Waals surface area contributed by atoms with Crippen LogP contribution in [-0.4, -0.2) is 11.6 Å². The molecule has 7 heteroatoms. The Morgan fingerprint density at radius 1 is 1.45 bits per heavy atom. The SMILES string of the molecule is CCc1ncc(CNc2ccc(OC(F)F)c(Cl)c2)s1. The molecule has 0 saturated heterocycles. The van der Waals surface area contributed by atoms with E-state index in [4.69, 9.17) is 11.6 Å². The van der Waals surface area contributed by atoms with Crippen molar-refractivity contribution in [1.82, 2.24) is 4.98 Å². The molecule has 1 aromatic heterocycles. The molecule has 2 rings (SSSR count). The Kier molecular flexibility index (Phi) is 5.14. The summed E-state index contributed by atoms with van der Waals surface area (Å²) in [6.07, 6.45) is 2.74. The molecule has 0 spiro atoms. The number of aromatic nitrogens is 1. The van der Waals surface area contributed by atoms with Gasteiger partial charge in [0.2, 0.25) is 0 Å². The van der Waals surface area contributed by atoms with E-state index in [-0.39, 0.29) is 10.8 Å². The minimum absolute atomic E-state index is 0.0294. The number of thiazole rings is 1. The summed E-state index contributed by atoms with van der Waals surface area (Å²) < 4.78 is 28.5. The van der Waals surface area contributed by atoms with Gasteiger partial charge in [-0.2, -0.15) is 8.78 Å². The lowest BCUT2D eigenvalue weighted by atomic mass is 10.3. The highest BCUT2D eigenvalue weighted by atomic mass is 35.5. The summed E-state index contributed by atoms with van der Waals surface area (Å²) in [6, 6.07) is 4.62. The van der Waals surface area contributed by atoms with Crippen LogP contribution < -0.4 is 10.1 Å². The lowest BCUT2D eigenvalue weighted by Crippen LogP contribution is -2.03. The zero-order valence-electron chi connectivity index (χ0n) is 10.7. The largest absolute Gasteiger partial charge is 0.433 e. The molecule has 108 valence electrons. The normalized spacial score (nSPS) is 10.8. The molecule has 1 heterocycles. The van der Waals surface area contributed by atoms with Crippen LogP contribution in [0.25, 0.3) is 0 Å². The molecule has 0 unspecified atom stereocenters. The number of rotatable bonds is 6. The number of aryl methyl sites for hydroxylation is 1. The molecule has 0 radical (unpaired) electrons. The van der Waals surface area contributed by atoms with Crippen LogP contribution in [0.2, 0.25) is 5.02 Å². The van der Waals surface area contributed by atoms with Crippen LogP contribution in [0.3, 0.4) is 0 Å². The zero-order chi connectivity index (χ0) is 14.5. The maximum absolute atomic E-state index is 12.1. The van der Waals surface area contributed by atoms with E-state index in [9.17, 15) is 8.78 Å². The van der Waals surface area contributed by atoms with Gasteiger partial charge >= 0.3 is 6.61 Å². The number of halogens is 3. The molecular weight excluding hydrogens is 306 g/mol. The summed E-state index contributed by atoms with van der Waals surface area (Å²) in [5.41, 5.74) is 0.739.